The van der Waals surface area contributed by atoms with Crippen LogP contribution in [0.25, 0.3) is 0 Å². The van der Waals surface area contributed by atoms with E-state index in [-0.39, 0.29) is 53.9 Å². The number of aliphatic hydroxyl groups excluding tert-OH is 2. The molecule has 6 heteroatoms. The number of carbonyl (C=O) groups excluding carboxylic acids is 1. The molecule has 2 N–H and O–H groups in total. The smallest absolute Gasteiger partial charge is 0.550 e. The molecule has 0 aromatic rings. The topological polar surface area (TPSA) is 89.8 Å². The van der Waals surface area contributed by atoms with Gasteiger partial charge in [-0.2, -0.15) is 0 Å². The fourth-order valence-electron chi connectivity index (χ4n) is 3.85. The second-order valence-corrected chi connectivity index (χ2v) is 7.29. The molecule has 2 rings (SSSR count). The third-order valence-corrected chi connectivity index (χ3v) is 5.25. The summed E-state index contributed by atoms with van der Waals surface area (Å²) in [4.78, 5) is 10.4. The van der Waals surface area contributed by atoms with Gasteiger partial charge in [-0.05, 0) is 31.8 Å². The minimum atomic E-state index is -1.02. The first-order chi connectivity index (χ1) is 12.0. The summed E-state index contributed by atoms with van der Waals surface area (Å²) < 4.78 is 5.92. The summed E-state index contributed by atoms with van der Waals surface area (Å²) in [5, 5.41) is 30.7. The van der Waals surface area contributed by atoms with E-state index in [9.17, 15) is 20.1 Å². The summed E-state index contributed by atoms with van der Waals surface area (Å²) in [6, 6.07) is 0. The third kappa shape index (κ3) is 7.35. The number of fused-ring (bicyclic) bond motifs is 1. The minimum absolute atomic E-state index is 0. The Morgan fingerprint density at radius 2 is 2.15 bits per heavy atom. The number of hydrogen-bond donors (Lipinski definition) is 2. The van der Waals surface area contributed by atoms with Crippen LogP contribution in [-0.2, 0) is 9.53 Å². The molecule has 0 aromatic carbocycles. The first kappa shape index (κ1) is 23.7. The second kappa shape index (κ2) is 12.2. The quantitative estimate of drug-likeness (QED) is 0.293. The Balaban J connectivity index is 0.00000338. The number of carboxylic acids is 1. The fourth-order valence-corrected chi connectivity index (χ4v) is 3.85. The molecule has 142 valence electrons. The maximum absolute atomic E-state index is 10.4. The van der Waals surface area contributed by atoms with Gasteiger partial charge < -0.3 is 24.9 Å². The summed E-state index contributed by atoms with van der Waals surface area (Å²) in [7, 11) is 0. The summed E-state index contributed by atoms with van der Waals surface area (Å²) in [5.41, 5.74) is 0. The maximum atomic E-state index is 10.4. The Morgan fingerprint density at radius 3 is 2.85 bits per heavy atom. The van der Waals surface area contributed by atoms with Crippen molar-refractivity contribution in [1.82, 2.24) is 0 Å². The van der Waals surface area contributed by atoms with Crippen LogP contribution in [0.2, 0.25) is 0 Å². The van der Waals surface area contributed by atoms with Crippen molar-refractivity contribution in [2.75, 3.05) is 0 Å². The molecule has 1 heterocycles. The molecule has 1 saturated heterocycles. The Morgan fingerprint density at radius 1 is 1.38 bits per heavy atom. The average molecular weight is 374 g/mol. The summed E-state index contributed by atoms with van der Waals surface area (Å²) in [6.45, 7) is 2.14. The van der Waals surface area contributed by atoms with Crippen LogP contribution in [-0.4, -0.2) is 34.5 Å². The number of allylic oxidation sites excluding steroid dienone is 2. The zero-order chi connectivity index (χ0) is 18.2. The largest absolute Gasteiger partial charge is 1.00 e. The zero-order valence-electron chi connectivity index (χ0n) is 16.1. The molecular formula is C20H31NaO5. The fraction of sp³-hybridized carbons (Fsp3) is 0.750. The van der Waals surface area contributed by atoms with E-state index in [4.69, 9.17) is 4.74 Å². The SMILES string of the molecule is CCCCC[C@H](O)/C=C/[C@@H]1[C@H]2C/C(=C\CCCC(=O)[O-])O[C@H]2C[C@H]1O.[Na+]. The van der Waals surface area contributed by atoms with Crippen LogP contribution in [0.3, 0.4) is 0 Å². The van der Waals surface area contributed by atoms with Crippen LogP contribution in [0.1, 0.15) is 64.7 Å². The molecule has 0 amide bonds. The van der Waals surface area contributed by atoms with Crippen molar-refractivity contribution >= 4 is 5.97 Å². The molecule has 0 spiro atoms. The predicted molar refractivity (Wildman–Crippen MR) is 93.3 cm³/mol. The molecule has 1 aliphatic heterocycles. The van der Waals surface area contributed by atoms with Gasteiger partial charge in [-0.1, -0.05) is 38.3 Å². The number of hydrogen-bond acceptors (Lipinski definition) is 5. The number of ether oxygens (including phenoxy) is 1. The van der Waals surface area contributed by atoms with Gasteiger partial charge >= 0.3 is 29.6 Å². The molecule has 5 nitrogen and oxygen atoms in total. The van der Waals surface area contributed by atoms with E-state index in [1.807, 2.05) is 18.2 Å². The normalized spacial score (nSPS) is 30.2. The Bertz CT molecular complexity index is 491. The van der Waals surface area contributed by atoms with Gasteiger partial charge in [0.1, 0.15) is 6.10 Å². The number of aliphatic hydroxyl groups is 2. The van der Waals surface area contributed by atoms with Crippen molar-refractivity contribution in [2.45, 2.75) is 83.0 Å². The van der Waals surface area contributed by atoms with Gasteiger partial charge in [0, 0.05) is 30.6 Å². The van der Waals surface area contributed by atoms with Crippen LogP contribution in [0, 0.1) is 11.8 Å². The van der Waals surface area contributed by atoms with Crippen LogP contribution in [0.5, 0.6) is 0 Å². The van der Waals surface area contributed by atoms with Gasteiger partial charge in [0.05, 0.1) is 18.0 Å². The van der Waals surface area contributed by atoms with Gasteiger partial charge in [-0.3, -0.25) is 0 Å². The molecule has 26 heavy (non-hydrogen) atoms. The van der Waals surface area contributed by atoms with E-state index in [0.29, 0.717) is 19.3 Å². The van der Waals surface area contributed by atoms with E-state index in [1.165, 1.54) is 0 Å². The molecule has 0 radical (unpaired) electrons. The van der Waals surface area contributed by atoms with Gasteiger partial charge in [-0.25, -0.2) is 0 Å². The van der Waals surface area contributed by atoms with E-state index in [0.717, 1.165) is 37.9 Å². The summed E-state index contributed by atoms with van der Waals surface area (Å²) in [6.07, 6.45) is 11.6. The van der Waals surface area contributed by atoms with Crippen molar-refractivity contribution in [3.8, 4) is 0 Å². The van der Waals surface area contributed by atoms with Crippen LogP contribution < -0.4 is 34.7 Å². The van der Waals surface area contributed by atoms with E-state index in [1.54, 1.807) is 0 Å². The van der Waals surface area contributed by atoms with Crippen LogP contribution in [0.4, 0.5) is 0 Å². The van der Waals surface area contributed by atoms with E-state index in [2.05, 4.69) is 6.92 Å². The van der Waals surface area contributed by atoms with E-state index < -0.39 is 18.2 Å². The predicted octanol–water partition coefficient (Wildman–Crippen LogP) is -0.922. The van der Waals surface area contributed by atoms with Crippen molar-refractivity contribution in [3.05, 3.63) is 24.0 Å². The minimum Gasteiger partial charge on any atom is -0.550 e. The van der Waals surface area contributed by atoms with E-state index >= 15 is 0 Å². The van der Waals surface area contributed by atoms with Gasteiger partial charge in [-0.15, -0.1) is 0 Å². The van der Waals surface area contributed by atoms with Crippen LogP contribution >= 0.6 is 0 Å². The number of carboxylic acid groups (broad SMARTS) is 1. The zero-order valence-corrected chi connectivity index (χ0v) is 18.1. The molecule has 2 aliphatic rings. The second-order valence-electron chi connectivity index (χ2n) is 7.29. The third-order valence-electron chi connectivity index (χ3n) is 5.25. The maximum Gasteiger partial charge on any atom is 1.00 e. The number of carbonyl (C=O) groups is 1. The number of aliphatic carboxylic acids is 1. The van der Waals surface area contributed by atoms with Gasteiger partial charge in [0.15, 0.2) is 0 Å². The van der Waals surface area contributed by atoms with Crippen molar-refractivity contribution in [3.63, 3.8) is 0 Å². The Kier molecular flexibility index (Phi) is 11.1. The molecule has 0 aromatic heterocycles. The number of rotatable bonds is 10. The summed E-state index contributed by atoms with van der Waals surface area (Å²) >= 11 is 0. The molecular weight excluding hydrogens is 343 g/mol. The monoisotopic (exact) mass is 374 g/mol. The van der Waals surface area contributed by atoms with Crippen molar-refractivity contribution in [2.24, 2.45) is 11.8 Å². The Hall–Kier alpha value is -0.330. The molecule has 0 bridgehead atoms. The standard InChI is InChI=1S/C20H32O5.Na/c1-2-3-4-7-14(21)10-11-16-17-12-15(8-5-6-9-20(23)24)25-19(17)13-18(16)22;/h8,10-11,14,16-19,21-22H,2-7,9,12-13H2,1H3,(H,23,24);/q;+1/p-1/b11-10+,15-8+;/t14-,16+,17+,18+,19-;/m0./s1. The van der Waals surface area contributed by atoms with Crippen LogP contribution in [0.15, 0.2) is 24.0 Å². The summed E-state index contributed by atoms with van der Waals surface area (Å²) in [5.74, 6) is 0.136. The Labute approximate surface area is 178 Å². The first-order valence-corrected chi connectivity index (χ1v) is 9.61. The average Bonchev–Trinajstić information content (AvgIpc) is 3.06. The molecule has 2 fully saturated rings. The first-order valence-electron chi connectivity index (χ1n) is 9.61. The number of unbranched alkanes of at least 4 members (excludes halogenated alkanes) is 3. The van der Waals surface area contributed by atoms with Gasteiger partial charge in [0.2, 0.25) is 0 Å². The molecule has 0 unspecified atom stereocenters. The van der Waals surface area contributed by atoms with Gasteiger partial charge in [0.25, 0.3) is 0 Å². The van der Waals surface area contributed by atoms with Crippen molar-refractivity contribution in [1.29, 1.82) is 0 Å². The molecule has 1 saturated carbocycles. The van der Waals surface area contributed by atoms with Crippen molar-refractivity contribution < 1.29 is 54.4 Å². The molecule has 1 aliphatic carbocycles. The molecule has 5 atom stereocenters.